The van der Waals surface area contributed by atoms with Gasteiger partial charge in [-0.2, -0.15) is 0 Å². The van der Waals surface area contributed by atoms with Crippen LogP contribution in [0.1, 0.15) is 43.2 Å². The zero-order valence-corrected chi connectivity index (χ0v) is 31.1. The predicted molar refractivity (Wildman–Crippen MR) is 200 cm³/mol. The third-order valence-corrected chi connectivity index (χ3v) is 11.0. The molecule has 6 rings (SSSR count). The fourth-order valence-electron chi connectivity index (χ4n) is 6.57. The molecule has 4 unspecified atom stereocenters. The van der Waals surface area contributed by atoms with E-state index in [-0.39, 0.29) is 18.0 Å². The molecule has 4 atom stereocenters. The van der Waals surface area contributed by atoms with E-state index in [4.69, 9.17) is 19.3 Å². The van der Waals surface area contributed by atoms with Crippen LogP contribution >= 0.6 is 23.1 Å². The summed E-state index contributed by atoms with van der Waals surface area (Å²) < 4.78 is 10.8. The number of hydrogen-bond acceptors (Lipinski definition) is 12. The molecule has 2 amide bonds. The molecule has 52 heavy (non-hydrogen) atoms. The molecule has 0 bridgehead atoms. The van der Waals surface area contributed by atoms with Gasteiger partial charge >= 0.3 is 5.97 Å². The van der Waals surface area contributed by atoms with Crippen LogP contribution in [-0.2, 0) is 34.2 Å². The Labute approximate surface area is 310 Å². The van der Waals surface area contributed by atoms with Crippen LogP contribution in [-0.4, -0.2) is 93.7 Å². The molecule has 0 radical (unpaired) electrons. The van der Waals surface area contributed by atoms with Gasteiger partial charge in [-0.3, -0.25) is 14.5 Å². The van der Waals surface area contributed by atoms with Crippen LogP contribution in [0.25, 0.3) is 0 Å². The van der Waals surface area contributed by atoms with E-state index in [0.717, 1.165) is 21.6 Å². The van der Waals surface area contributed by atoms with Crippen molar-refractivity contribution in [2.45, 2.75) is 55.0 Å². The molecule has 0 spiro atoms. The number of carbonyl (C=O) groups is 3. The third kappa shape index (κ3) is 6.90. The van der Waals surface area contributed by atoms with Gasteiger partial charge in [0, 0.05) is 18.2 Å². The number of anilines is 1. The second kappa shape index (κ2) is 15.1. The number of hydrogen-bond donors (Lipinski definition) is 3. The van der Waals surface area contributed by atoms with Crippen molar-refractivity contribution in [3.8, 4) is 0 Å². The molecular weight excluding hydrogens is 703 g/mol. The average molecular weight is 744 g/mol. The average Bonchev–Trinajstić information content (AvgIpc) is 3.60. The maximum atomic E-state index is 13.8. The number of benzene rings is 3. The Balaban J connectivity index is 1.27. The summed E-state index contributed by atoms with van der Waals surface area (Å²) in [6.07, 6.45) is 0. The van der Waals surface area contributed by atoms with Gasteiger partial charge < -0.3 is 30.1 Å². The van der Waals surface area contributed by atoms with Crippen molar-refractivity contribution in [2.75, 3.05) is 31.9 Å². The Morgan fingerprint density at radius 2 is 1.52 bits per heavy atom. The summed E-state index contributed by atoms with van der Waals surface area (Å²) >= 11 is 2.56. The van der Waals surface area contributed by atoms with Crippen molar-refractivity contribution >= 4 is 51.7 Å². The fraction of sp³-hybridized carbons (Fsp3) is 0.342. The Hall–Kier alpha value is -4.76. The summed E-state index contributed by atoms with van der Waals surface area (Å²) in [4.78, 5) is 51.8. The number of nitrogens with zero attached hydrogens (tertiary/aromatic N) is 3. The second-order valence-corrected chi connectivity index (χ2v) is 15.5. The summed E-state index contributed by atoms with van der Waals surface area (Å²) in [5.74, 6) is -1.97. The number of esters is 1. The Bertz CT molecular complexity index is 1820. The normalized spacial score (nSPS) is 21.8. The minimum absolute atomic E-state index is 0.00111. The lowest BCUT2D eigenvalue weighted by molar-refractivity contribution is -0.223. The van der Waals surface area contributed by atoms with Crippen LogP contribution in [0, 0.1) is 0 Å². The number of oxime groups is 1. The van der Waals surface area contributed by atoms with Crippen LogP contribution in [0.2, 0.25) is 0 Å². The molecule has 2 saturated heterocycles. The van der Waals surface area contributed by atoms with Gasteiger partial charge in [0.2, 0.25) is 5.91 Å². The smallest absolute Gasteiger partial charge is 0.361 e. The van der Waals surface area contributed by atoms with Gasteiger partial charge in [-0.1, -0.05) is 96.2 Å². The van der Waals surface area contributed by atoms with Crippen LogP contribution < -0.4 is 10.6 Å². The minimum atomic E-state index is -2.29. The van der Waals surface area contributed by atoms with Gasteiger partial charge in [0.1, 0.15) is 30.0 Å². The molecule has 14 heteroatoms. The number of amides is 2. The lowest BCUT2D eigenvalue weighted by Crippen LogP contribution is -2.83. The number of thiazole rings is 1. The largest absolute Gasteiger partial charge is 0.456 e. The monoisotopic (exact) mass is 743 g/mol. The van der Waals surface area contributed by atoms with E-state index in [0.29, 0.717) is 10.9 Å². The first-order valence-corrected chi connectivity index (χ1v) is 18.6. The lowest BCUT2D eigenvalue weighted by atomic mass is 9.77. The van der Waals surface area contributed by atoms with E-state index in [1.165, 1.54) is 37.3 Å². The molecule has 2 fully saturated rings. The number of aromatic nitrogens is 1. The summed E-state index contributed by atoms with van der Waals surface area (Å²) in [5, 5.41) is 23.6. The van der Waals surface area contributed by atoms with E-state index >= 15 is 0 Å². The Kier molecular flexibility index (Phi) is 10.7. The zero-order chi connectivity index (χ0) is 37.1. The first kappa shape index (κ1) is 37.0. The first-order chi connectivity index (χ1) is 24.9. The van der Waals surface area contributed by atoms with Crippen LogP contribution in [0.3, 0.4) is 0 Å². The fourth-order valence-corrected chi connectivity index (χ4v) is 8.76. The maximum absolute atomic E-state index is 13.8. The molecule has 0 aliphatic carbocycles. The van der Waals surface area contributed by atoms with E-state index in [1.807, 2.05) is 54.6 Å². The molecule has 1 aromatic heterocycles. The quantitative estimate of drug-likeness (QED) is 0.0627. The number of thioether (sulfide) groups is 1. The summed E-state index contributed by atoms with van der Waals surface area (Å²) in [5.41, 5.74) is -1.06. The number of β-lactam (4-membered cyclic amide) rings is 1. The van der Waals surface area contributed by atoms with E-state index in [2.05, 4.69) is 52.2 Å². The molecule has 0 saturated carbocycles. The van der Waals surface area contributed by atoms with Gasteiger partial charge in [0.15, 0.2) is 10.8 Å². The number of fused-ring (bicyclic) bond motifs is 1. The highest BCUT2D eigenvalue weighted by Crippen LogP contribution is 2.44. The molecular formula is C38H41N5O7S2. The second-order valence-electron chi connectivity index (χ2n) is 13.4. The van der Waals surface area contributed by atoms with Crippen molar-refractivity contribution in [1.82, 2.24) is 15.2 Å². The number of aliphatic hydroxyl groups is 1. The molecule has 12 nitrogen and oxygen atoms in total. The van der Waals surface area contributed by atoms with Gasteiger partial charge in [0.05, 0.1) is 17.9 Å². The molecule has 2 aliphatic heterocycles. The number of methoxy groups -OCH3 is 1. The van der Waals surface area contributed by atoms with E-state index < -0.39 is 52.0 Å². The zero-order valence-electron chi connectivity index (χ0n) is 29.4. The van der Waals surface area contributed by atoms with Crippen molar-refractivity contribution in [3.05, 3.63) is 119 Å². The third-order valence-electron chi connectivity index (χ3n) is 8.87. The summed E-state index contributed by atoms with van der Waals surface area (Å²) in [7, 11) is 2.76. The predicted octanol–water partition coefficient (Wildman–Crippen LogP) is 4.39. The van der Waals surface area contributed by atoms with Crippen molar-refractivity contribution in [3.63, 3.8) is 0 Å². The van der Waals surface area contributed by atoms with Crippen LogP contribution in [0.5, 0.6) is 0 Å². The highest BCUT2D eigenvalue weighted by molar-refractivity contribution is 8.00. The summed E-state index contributed by atoms with van der Waals surface area (Å²) in [6.45, 7) is 5.03. The number of ether oxygens (including phenoxy) is 2. The Morgan fingerprint density at radius 3 is 2.02 bits per heavy atom. The molecule has 2 aliphatic rings. The molecule has 272 valence electrons. The topological polar surface area (TPSA) is 152 Å². The lowest BCUT2D eigenvalue weighted by Gasteiger charge is -2.58. The number of rotatable bonds is 12. The van der Waals surface area contributed by atoms with Gasteiger partial charge in [-0.15, -0.1) is 23.1 Å². The van der Waals surface area contributed by atoms with E-state index in [9.17, 15) is 19.5 Å². The highest BCUT2D eigenvalue weighted by Gasteiger charge is 2.66. The molecule has 4 aromatic rings. The Morgan fingerprint density at radius 1 is 0.962 bits per heavy atom. The minimum Gasteiger partial charge on any atom is -0.456 e. The van der Waals surface area contributed by atoms with Crippen molar-refractivity contribution in [2.24, 2.45) is 5.16 Å². The number of carbonyl (C=O) groups excluding carboxylic acids is 3. The van der Waals surface area contributed by atoms with Gasteiger partial charge in [-0.05, 0) is 37.5 Å². The molecule has 3 heterocycles. The molecule has 3 aromatic carbocycles. The van der Waals surface area contributed by atoms with Gasteiger partial charge in [-0.25, -0.2) is 9.78 Å². The van der Waals surface area contributed by atoms with Crippen molar-refractivity contribution < 1.29 is 33.8 Å². The number of nitrogens with one attached hydrogen (secondary N) is 2. The van der Waals surface area contributed by atoms with E-state index in [1.54, 1.807) is 26.2 Å². The van der Waals surface area contributed by atoms with Gasteiger partial charge in [0.25, 0.3) is 11.6 Å². The van der Waals surface area contributed by atoms with Crippen molar-refractivity contribution in [1.29, 1.82) is 0 Å². The molecule has 3 N–H and O–H groups in total. The first-order valence-electron chi connectivity index (χ1n) is 16.7. The maximum Gasteiger partial charge on any atom is 0.361 e. The van der Waals surface area contributed by atoms with Crippen LogP contribution in [0.4, 0.5) is 5.13 Å². The standard InChI is InChI=1S/C38H41N5O7S2/c1-36(2,3)50-34(46)38(47)29(21-48-4)51-23-28-31(33(45)43(28)38)40-32(44)30(42-49-5)27-22-52-35(39-27)41-37(24-15-9-6-10-16-24,25-17-11-7-12-18-25)26-19-13-8-14-20-26/h6-20,22,28-29,31,47H,21,23H2,1-5H3,(H,39,41)(H,40,44). The highest BCUT2D eigenvalue weighted by atomic mass is 32.2. The van der Waals surface area contributed by atoms with Crippen LogP contribution in [0.15, 0.2) is 102 Å². The SMILES string of the molecule is COCC1SCC2C(NC(=O)C(=NOC)c3csc(NC(c4ccccc4)(c4ccccc4)c4ccccc4)n3)C(=O)N2C1(O)C(=O)OC(C)(C)C. The summed E-state index contributed by atoms with van der Waals surface area (Å²) in [6, 6.07) is 28.4.